The molecule has 0 atom stereocenters. The van der Waals surface area contributed by atoms with Gasteiger partial charge in [0.05, 0.1) is 41.4 Å². The van der Waals surface area contributed by atoms with E-state index in [9.17, 15) is 17.6 Å². The predicted octanol–water partition coefficient (Wildman–Crippen LogP) is 4.75. The molecule has 7 nitrogen and oxygen atoms in total. The van der Waals surface area contributed by atoms with E-state index in [0.717, 1.165) is 12.8 Å². The van der Waals surface area contributed by atoms with Gasteiger partial charge in [-0.15, -0.1) is 0 Å². The van der Waals surface area contributed by atoms with Crippen LogP contribution in [0, 0.1) is 5.82 Å². The summed E-state index contributed by atoms with van der Waals surface area (Å²) in [4.78, 5) is 19.3. The van der Waals surface area contributed by atoms with Crippen molar-refractivity contribution in [1.29, 1.82) is 0 Å². The number of imidazole rings is 1. The minimum atomic E-state index is -3.86. The molecule has 0 spiro atoms. The Morgan fingerprint density at radius 3 is 2.54 bits per heavy atom. The lowest BCUT2D eigenvalue weighted by Gasteiger charge is -2.24. The summed E-state index contributed by atoms with van der Waals surface area (Å²) in [6.07, 6.45) is 3.16. The summed E-state index contributed by atoms with van der Waals surface area (Å²) in [5, 5.41) is 0.559. The first kappa shape index (κ1) is 25.6. The Balaban J connectivity index is 1.64. The van der Waals surface area contributed by atoms with E-state index in [2.05, 4.69) is 4.98 Å². The molecule has 1 aromatic heterocycles. The largest absolute Gasteiger partial charge is 0.383 e. The molecule has 0 bridgehead atoms. The van der Waals surface area contributed by atoms with Gasteiger partial charge in [0.15, 0.2) is 0 Å². The van der Waals surface area contributed by atoms with Gasteiger partial charge >= 0.3 is 0 Å². The molecule has 186 valence electrons. The van der Waals surface area contributed by atoms with Gasteiger partial charge < -0.3 is 14.2 Å². The number of halogens is 3. The van der Waals surface area contributed by atoms with E-state index in [-0.39, 0.29) is 47.6 Å². The maximum Gasteiger partial charge on any atom is 0.255 e. The van der Waals surface area contributed by atoms with Gasteiger partial charge in [-0.25, -0.2) is 17.8 Å². The van der Waals surface area contributed by atoms with Gasteiger partial charge in [-0.05, 0) is 48.7 Å². The van der Waals surface area contributed by atoms with Crippen molar-refractivity contribution in [2.45, 2.75) is 42.9 Å². The zero-order valence-electron chi connectivity index (χ0n) is 19.0. The molecule has 0 N–H and O–H groups in total. The van der Waals surface area contributed by atoms with Gasteiger partial charge in [0.25, 0.3) is 5.91 Å². The SMILES string of the molecule is COCCn1c(CN(C(=O)c2ccc(Cl)cc2Cl)C2CC2)cnc1S(=O)(=O)Cc1ccc(F)cc1. The Bertz CT molecular complexity index is 1330. The van der Waals surface area contributed by atoms with Gasteiger partial charge in [0.1, 0.15) is 5.82 Å². The highest BCUT2D eigenvalue weighted by Gasteiger charge is 2.35. The second kappa shape index (κ2) is 10.7. The maximum atomic E-state index is 13.4. The first-order chi connectivity index (χ1) is 16.7. The van der Waals surface area contributed by atoms with Crippen molar-refractivity contribution in [3.63, 3.8) is 0 Å². The number of methoxy groups -OCH3 is 1. The quantitative estimate of drug-likeness (QED) is 0.371. The molecule has 0 unspecified atom stereocenters. The number of aromatic nitrogens is 2. The molecule has 3 aromatic rings. The van der Waals surface area contributed by atoms with Gasteiger partial charge in [0, 0.05) is 24.7 Å². The van der Waals surface area contributed by atoms with Crippen LogP contribution in [0.5, 0.6) is 0 Å². The minimum Gasteiger partial charge on any atom is -0.383 e. The molecule has 0 radical (unpaired) electrons. The molecule has 1 saturated carbocycles. The fourth-order valence-corrected chi connectivity index (χ4v) is 5.81. The van der Waals surface area contributed by atoms with Crippen molar-refractivity contribution in [1.82, 2.24) is 14.5 Å². The Morgan fingerprint density at radius 1 is 1.20 bits per heavy atom. The second-order valence-electron chi connectivity index (χ2n) is 8.35. The van der Waals surface area contributed by atoms with Gasteiger partial charge in [-0.3, -0.25) is 4.79 Å². The fraction of sp³-hybridized carbons (Fsp3) is 0.333. The summed E-state index contributed by atoms with van der Waals surface area (Å²) >= 11 is 12.3. The van der Waals surface area contributed by atoms with E-state index in [1.165, 1.54) is 43.6 Å². The molecule has 11 heteroatoms. The summed E-state index contributed by atoms with van der Waals surface area (Å²) in [6.45, 7) is 0.645. The molecule has 1 heterocycles. The first-order valence-electron chi connectivity index (χ1n) is 11.0. The van der Waals surface area contributed by atoms with Crippen LogP contribution in [0.15, 0.2) is 53.8 Å². The molecule has 4 rings (SSSR count). The first-order valence-corrected chi connectivity index (χ1v) is 13.4. The zero-order chi connectivity index (χ0) is 25.2. The molecule has 0 aliphatic heterocycles. The van der Waals surface area contributed by atoms with Gasteiger partial charge in [-0.2, -0.15) is 0 Å². The summed E-state index contributed by atoms with van der Waals surface area (Å²) in [6, 6.07) is 10.0. The molecule has 1 aliphatic carbocycles. The Hall–Kier alpha value is -2.46. The highest BCUT2D eigenvalue weighted by atomic mass is 35.5. The Morgan fingerprint density at radius 2 is 1.91 bits per heavy atom. The van der Waals surface area contributed by atoms with Crippen molar-refractivity contribution in [2.24, 2.45) is 0 Å². The Kier molecular flexibility index (Phi) is 7.80. The van der Waals surface area contributed by atoms with Crippen LogP contribution in [0.1, 0.15) is 34.5 Å². The van der Waals surface area contributed by atoms with E-state index >= 15 is 0 Å². The van der Waals surface area contributed by atoms with Crippen LogP contribution < -0.4 is 0 Å². The molecule has 35 heavy (non-hydrogen) atoms. The van der Waals surface area contributed by atoms with Crippen LogP contribution in [0.4, 0.5) is 4.39 Å². The number of sulfone groups is 1. The van der Waals surface area contributed by atoms with Gasteiger partial charge in [0.2, 0.25) is 15.0 Å². The van der Waals surface area contributed by atoms with E-state index in [4.69, 9.17) is 27.9 Å². The molecular weight excluding hydrogens is 516 g/mol. The highest BCUT2D eigenvalue weighted by Crippen LogP contribution is 2.32. The number of hydrogen-bond acceptors (Lipinski definition) is 5. The number of benzene rings is 2. The topological polar surface area (TPSA) is 81.5 Å². The number of amides is 1. The van der Waals surface area contributed by atoms with Crippen LogP contribution in [0.25, 0.3) is 0 Å². The number of hydrogen-bond donors (Lipinski definition) is 0. The van der Waals surface area contributed by atoms with Crippen LogP contribution in [0.3, 0.4) is 0 Å². The number of nitrogens with zero attached hydrogens (tertiary/aromatic N) is 3. The monoisotopic (exact) mass is 539 g/mol. The lowest BCUT2D eigenvalue weighted by atomic mass is 10.2. The molecule has 2 aromatic carbocycles. The summed E-state index contributed by atoms with van der Waals surface area (Å²) in [7, 11) is -2.34. The normalized spacial score (nSPS) is 13.7. The number of ether oxygens (including phenoxy) is 1. The third-order valence-corrected chi connectivity index (χ3v) is 7.85. The third-order valence-electron chi connectivity index (χ3n) is 5.71. The number of carbonyl (C=O) groups excluding carboxylic acids is 1. The molecule has 0 saturated heterocycles. The molecule has 1 aliphatic rings. The average molecular weight is 540 g/mol. The molecular formula is C24H24Cl2FN3O4S. The zero-order valence-corrected chi connectivity index (χ0v) is 21.3. The van der Waals surface area contributed by atoms with E-state index in [1.807, 2.05) is 0 Å². The average Bonchev–Trinajstić information content (AvgIpc) is 3.56. The highest BCUT2D eigenvalue weighted by molar-refractivity contribution is 7.90. The van der Waals surface area contributed by atoms with Crippen LogP contribution in [-0.4, -0.2) is 48.5 Å². The van der Waals surface area contributed by atoms with E-state index in [1.54, 1.807) is 21.6 Å². The second-order valence-corrected chi connectivity index (χ2v) is 11.1. The molecule has 1 fully saturated rings. The van der Waals surface area contributed by atoms with Crippen molar-refractivity contribution < 1.29 is 22.3 Å². The van der Waals surface area contributed by atoms with Crippen LogP contribution >= 0.6 is 23.2 Å². The van der Waals surface area contributed by atoms with Crippen molar-refractivity contribution in [3.05, 3.63) is 81.3 Å². The van der Waals surface area contributed by atoms with Crippen molar-refractivity contribution >= 4 is 38.9 Å². The van der Waals surface area contributed by atoms with Crippen LogP contribution in [-0.2, 0) is 33.4 Å². The van der Waals surface area contributed by atoms with Crippen molar-refractivity contribution in [2.75, 3.05) is 13.7 Å². The summed E-state index contributed by atoms with van der Waals surface area (Å²) in [5.74, 6) is -1.03. The summed E-state index contributed by atoms with van der Waals surface area (Å²) < 4.78 is 46.4. The third kappa shape index (κ3) is 6.03. The standard InChI is InChI=1S/C24H24Cl2FN3O4S/c1-34-11-10-29-20(13-28-24(29)35(32,33)15-16-2-5-18(27)6-3-16)14-30(19-7-8-19)23(31)21-9-4-17(25)12-22(21)26/h2-6,9,12-13,19H,7-8,10-11,14-15H2,1H3. The van der Waals surface area contributed by atoms with Crippen LogP contribution in [0.2, 0.25) is 10.0 Å². The summed E-state index contributed by atoms with van der Waals surface area (Å²) in [5.41, 5.74) is 1.33. The number of rotatable bonds is 10. The van der Waals surface area contributed by atoms with E-state index < -0.39 is 15.7 Å². The van der Waals surface area contributed by atoms with Gasteiger partial charge in [-0.1, -0.05) is 35.3 Å². The maximum absolute atomic E-state index is 13.4. The lowest BCUT2D eigenvalue weighted by molar-refractivity contribution is 0.0724. The molecule has 1 amide bonds. The number of carbonyl (C=O) groups is 1. The predicted molar refractivity (Wildman–Crippen MR) is 131 cm³/mol. The lowest BCUT2D eigenvalue weighted by Crippen LogP contribution is -2.34. The smallest absolute Gasteiger partial charge is 0.255 e. The minimum absolute atomic E-state index is 0.0271. The fourth-order valence-electron chi connectivity index (χ4n) is 3.80. The Labute approximate surface area is 213 Å². The van der Waals surface area contributed by atoms with Crippen molar-refractivity contribution in [3.8, 4) is 0 Å². The van der Waals surface area contributed by atoms with E-state index in [0.29, 0.717) is 21.8 Å².